The summed E-state index contributed by atoms with van der Waals surface area (Å²) in [5.74, 6) is -0.476. The molecular formula is C16H15IN2O3. The van der Waals surface area contributed by atoms with Crippen LogP contribution in [0.1, 0.15) is 15.9 Å². The lowest BCUT2D eigenvalue weighted by Gasteiger charge is -2.09. The number of amides is 2. The summed E-state index contributed by atoms with van der Waals surface area (Å²) in [5, 5.41) is 14.8. The SMILES string of the molecule is O=C(CNC(=O)c1ccccc1I)NCc1ccccc1O. The first kappa shape index (κ1) is 16.3. The van der Waals surface area contributed by atoms with E-state index in [1.807, 2.05) is 12.1 Å². The number of aromatic hydroxyl groups is 1. The number of benzene rings is 2. The molecule has 0 aliphatic rings. The number of carbonyl (C=O) groups excluding carboxylic acids is 2. The van der Waals surface area contributed by atoms with Gasteiger partial charge in [0, 0.05) is 15.7 Å². The molecular weight excluding hydrogens is 395 g/mol. The fourth-order valence-electron chi connectivity index (χ4n) is 1.82. The lowest BCUT2D eigenvalue weighted by molar-refractivity contribution is -0.120. The Morgan fingerprint density at radius 2 is 1.68 bits per heavy atom. The van der Waals surface area contributed by atoms with Crippen LogP contribution in [0.15, 0.2) is 48.5 Å². The van der Waals surface area contributed by atoms with Crippen molar-refractivity contribution in [2.75, 3.05) is 6.54 Å². The number of hydrogen-bond acceptors (Lipinski definition) is 3. The summed E-state index contributed by atoms with van der Waals surface area (Å²) in [6.07, 6.45) is 0. The number of rotatable bonds is 5. The third-order valence-electron chi connectivity index (χ3n) is 3.00. The molecule has 114 valence electrons. The predicted octanol–water partition coefficient (Wildman–Crippen LogP) is 2.04. The molecule has 6 heteroatoms. The minimum Gasteiger partial charge on any atom is -0.508 e. The monoisotopic (exact) mass is 410 g/mol. The summed E-state index contributed by atoms with van der Waals surface area (Å²) in [6, 6.07) is 13.9. The quantitative estimate of drug-likeness (QED) is 0.661. The van der Waals surface area contributed by atoms with Crippen molar-refractivity contribution in [3.05, 3.63) is 63.2 Å². The lowest BCUT2D eigenvalue weighted by atomic mass is 10.2. The van der Waals surface area contributed by atoms with Gasteiger partial charge in [-0.2, -0.15) is 0 Å². The van der Waals surface area contributed by atoms with E-state index in [2.05, 4.69) is 33.2 Å². The average molecular weight is 410 g/mol. The lowest BCUT2D eigenvalue weighted by Crippen LogP contribution is -2.36. The molecule has 0 heterocycles. The molecule has 0 unspecified atom stereocenters. The van der Waals surface area contributed by atoms with Crippen LogP contribution < -0.4 is 10.6 Å². The fourth-order valence-corrected chi connectivity index (χ4v) is 2.45. The molecule has 0 aromatic heterocycles. The summed E-state index contributed by atoms with van der Waals surface area (Å²) in [7, 11) is 0. The molecule has 0 saturated carbocycles. The van der Waals surface area contributed by atoms with Crippen LogP contribution in [0.25, 0.3) is 0 Å². The Morgan fingerprint density at radius 3 is 2.41 bits per heavy atom. The summed E-state index contributed by atoms with van der Waals surface area (Å²) >= 11 is 2.07. The van der Waals surface area contributed by atoms with E-state index in [0.717, 1.165) is 3.57 Å². The smallest absolute Gasteiger partial charge is 0.252 e. The molecule has 0 radical (unpaired) electrons. The molecule has 0 fully saturated rings. The number of phenols is 1. The number of nitrogens with one attached hydrogen (secondary N) is 2. The summed E-state index contributed by atoms with van der Waals surface area (Å²) in [6.45, 7) is 0.0989. The molecule has 2 aromatic rings. The molecule has 0 spiro atoms. The molecule has 0 saturated heterocycles. The first-order chi connectivity index (χ1) is 10.6. The Morgan fingerprint density at radius 1 is 1.00 bits per heavy atom. The second kappa shape index (κ2) is 7.79. The largest absolute Gasteiger partial charge is 0.508 e. The van der Waals surface area contributed by atoms with E-state index in [4.69, 9.17) is 0 Å². The maximum atomic E-state index is 12.0. The molecule has 2 rings (SSSR count). The van der Waals surface area contributed by atoms with Crippen molar-refractivity contribution in [3.8, 4) is 5.75 Å². The van der Waals surface area contributed by atoms with E-state index in [0.29, 0.717) is 11.1 Å². The second-order valence-electron chi connectivity index (χ2n) is 4.57. The van der Waals surface area contributed by atoms with Gasteiger partial charge in [-0.3, -0.25) is 9.59 Å². The number of halogens is 1. The van der Waals surface area contributed by atoms with Crippen molar-refractivity contribution < 1.29 is 14.7 Å². The van der Waals surface area contributed by atoms with Gasteiger partial charge in [-0.05, 0) is 40.8 Å². The average Bonchev–Trinajstić information content (AvgIpc) is 2.52. The van der Waals surface area contributed by atoms with Crippen LogP contribution in [0.2, 0.25) is 0 Å². The first-order valence-electron chi connectivity index (χ1n) is 6.64. The Kier molecular flexibility index (Phi) is 5.76. The number of para-hydroxylation sites is 1. The topological polar surface area (TPSA) is 78.4 Å². The van der Waals surface area contributed by atoms with Gasteiger partial charge in [0.15, 0.2) is 0 Å². The Labute approximate surface area is 141 Å². The maximum Gasteiger partial charge on any atom is 0.252 e. The van der Waals surface area contributed by atoms with Crippen molar-refractivity contribution in [1.82, 2.24) is 10.6 Å². The van der Waals surface area contributed by atoms with E-state index in [9.17, 15) is 14.7 Å². The molecule has 22 heavy (non-hydrogen) atoms. The van der Waals surface area contributed by atoms with Crippen LogP contribution in [-0.4, -0.2) is 23.5 Å². The third kappa shape index (κ3) is 4.45. The highest BCUT2D eigenvalue weighted by Crippen LogP contribution is 2.14. The fraction of sp³-hybridized carbons (Fsp3) is 0.125. The highest BCUT2D eigenvalue weighted by molar-refractivity contribution is 14.1. The van der Waals surface area contributed by atoms with Gasteiger partial charge in [-0.25, -0.2) is 0 Å². The van der Waals surface area contributed by atoms with Crippen LogP contribution >= 0.6 is 22.6 Å². The van der Waals surface area contributed by atoms with Crippen molar-refractivity contribution >= 4 is 34.4 Å². The van der Waals surface area contributed by atoms with Crippen LogP contribution in [0.4, 0.5) is 0 Å². The zero-order chi connectivity index (χ0) is 15.9. The second-order valence-corrected chi connectivity index (χ2v) is 5.73. The van der Waals surface area contributed by atoms with Gasteiger partial charge < -0.3 is 15.7 Å². The molecule has 0 atom stereocenters. The van der Waals surface area contributed by atoms with Crippen molar-refractivity contribution in [2.45, 2.75) is 6.54 Å². The predicted molar refractivity (Wildman–Crippen MR) is 91.4 cm³/mol. The van der Waals surface area contributed by atoms with E-state index in [1.165, 1.54) is 0 Å². The highest BCUT2D eigenvalue weighted by atomic mass is 127. The van der Waals surface area contributed by atoms with Gasteiger partial charge in [-0.15, -0.1) is 0 Å². The minimum absolute atomic E-state index is 0.114. The van der Waals surface area contributed by atoms with Crippen molar-refractivity contribution in [1.29, 1.82) is 0 Å². The minimum atomic E-state index is -0.317. The standard InChI is InChI=1S/C16H15IN2O3/c17-13-7-3-2-6-12(13)16(22)19-10-15(21)18-9-11-5-1-4-8-14(11)20/h1-8,20H,9-10H2,(H,18,21)(H,19,22). The zero-order valence-electron chi connectivity index (χ0n) is 11.7. The summed E-state index contributed by atoms with van der Waals surface area (Å²) in [4.78, 5) is 23.7. The molecule has 0 bridgehead atoms. The number of phenolic OH excluding ortho intramolecular Hbond substituents is 1. The van der Waals surface area contributed by atoms with Gasteiger partial charge in [0.05, 0.1) is 12.1 Å². The molecule has 3 N–H and O–H groups in total. The van der Waals surface area contributed by atoms with E-state index >= 15 is 0 Å². The summed E-state index contributed by atoms with van der Waals surface area (Å²) in [5.41, 5.74) is 1.16. The Bertz CT molecular complexity index is 689. The zero-order valence-corrected chi connectivity index (χ0v) is 13.8. The van der Waals surface area contributed by atoms with E-state index in [1.54, 1.807) is 36.4 Å². The maximum absolute atomic E-state index is 12.0. The van der Waals surface area contributed by atoms with E-state index < -0.39 is 0 Å². The Balaban J connectivity index is 1.82. The highest BCUT2D eigenvalue weighted by Gasteiger charge is 2.10. The molecule has 0 aliphatic heterocycles. The van der Waals surface area contributed by atoms with Gasteiger partial charge >= 0.3 is 0 Å². The molecule has 0 aliphatic carbocycles. The molecule has 5 nitrogen and oxygen atoms in total. The normalized spacial score (nSPS) is 10.0. The van der Waals surface area contributed by atoms with E-state index in [-0.39, 0.29) is 30.7 Å². The van der Waals surface area contributed by atoms with Crippen LogP contribution in [0.5, 0.6) is 5.75 Å². The molecule has 2 amide bonds. The van der Waals surface area contributed by atoms with Crippen LogP contribution in [-0.2, 0) is 11.3 Å². The number of carbonyl (C=O) groups is 2. The third-order valence-corrected chi connectivity index (χ3v) is 3.94. The van der Waals surface area contributed by atoms with Gasteiger partial charge in [-0.1, -0.05) is 30.3 Å². The van der Waals surface area contributed by atoms with Crippen molar-refractivity contribution in [2.24, 2.45) is 0 Å². The summed E-state index contributed by atoms with van der Waals surface area (Å²) < 4.78 is 0.826. The van der Waals surface area contributed by atoms with Crippen LogP contribution in [0, 0.1) is 3.57 Å². The van der Waals surface area contributed by atoms with Crippen LogP contribution in [0.3, 0.4) is 0 Å². The van der Waals surface area contributed by atoms with Gasteiger partial charge in [0.1, 0.15) is 5.75 Å². The molecule has 2 aromatic carbocycles. The number of hydrogen-bond donors (Lipinski definition) is 3. The van der Waals surface area contributed by atoms with Gasteiger partial charge in [0.2, 0.25) is 5.91 Å². The Hall–Kier alpha value is -2.09. The first-order valence-corrected chi connectivity index (χ1v) is 7.72. The van der Waals surface area contributed by atoms with Gasteiger partial charge in [0.25, 0.3) is 5.91 Å². The van der Waals surface area contributed by atoms with Crippen molar-refractivity contribution in [3.63, 3.8) is 0 Å².